The maximum Gasteiger partial charge on any atom is 0.405 e. The first-order chi connectivity index (χ1) is 10.4. The highest BCUT2D eigenvalue weighted by Gasteiger charge is 2.60. The van der Waals surface area contributed by atoms with Crippen molar-refractivity contribution in [2.75, 3.05) is 19.6 Å². The molecule has 2 amide bonds. The minimum absolute atomic E-state index is 0.250. The van der Waals surface area contributed by atoms with Crippen molar-refractivity contribution in [2.45, 2.75) is 12.6 Å². The Hall–Kier alpha value is -2.23. The van der Waals surface area contributed by atoms with E-state index in [4.69, 9.17) is 0 Å². The van der Waals surface area contributed by atoms with Crippen molar-refractivity contribution in [1.29, 1.82) is 0 Å². The standard InChI is InChI=1S/C15H14F3N3O/c16-15(17,18)9-20-13(22)21-8-11-7-14(11,10-21)5-4-12-3-1-2-6-19-12/h1-3,6,11H,7-10H2,(H,20,22). The Labute approximate surface area is 125 Å². The van der Waals surface area contributed by atoms with Crippen LogP contribution in [-0.4, -0.2) is 41.7 Å². The molecule has 116 valence electrons. The van der Waals surface area contributed by atoms with Gasteiger partial charge in [0.15, 0.2) is 0 Å². The number of pyridine rings is 1. The van der Waals surface area contributed by atoms with Crippen LogP contribution in [0, 0.1) is 23.2 Å². The topological polar surface area (TPSA) is 45.2 Å². The maximum absolute atomic E-state index is 12.1. The molecule has 0 aromatic carbocycles. The molecule has 4 nitrogen and oxygen atoms in total. The van der Waals surface area contributed by atoms with E-state index in [1.54, 1.807) is 18.3 Å². The fourth-order valence-electron chi connectivity index (χ4n) is 2.75. The molecule has 2 aliphatic rings. The second-order valence-electron chi connectivity index (χ2n) is 5.68. The Morgan fingerprint density at radius 3 is 3.00 bits per heavy atom. The number of alkyl halides is 3. The summed E-state index contributed by atoms with van der Waals surface area (Å²) in [5, 5.41) is 1.90. The van der Waals surface area contributed by atoms with Crippen molar-refractivity contribution >= 4 is 6.03 Å². The first kappa shape index (κ1) is 14.7. The molecule has 1 aliphatic heterocycles. The van der Waals surface area contributed by atoms with Gasteiger partial charge in [0, 0.05) is 19.3 Å². The van der Waals surface area contributed by atoms with E-state index in [0.717, 1.165) is 6.42 Å². The van der Waals surface area contributed by atoms with Crippen LogP contribution < -0.4 is 5.32 Å². The van der Waals surface area contributed by atoms with Crippen LogP contribution in [0.4, 0.5) is 18.0 Å². The van der Waals surface area contributed by atoms with E-state index < -0.39 is 18.8 Å². The normalized spacial score (nSPS) is 26.0. The zero-order valence-corrected chi connectivity index (χ0v) is 11.7. The molecule has 7 heteroatoms. The highest BCUT2D eigenvalue weighted by molar-refractivity contribution is 5.75. The Balaban J connectivity index is 1.59. The van der Waals surface area contributed by atoms with Gasteiger partial charge in [-0.25, -0.2) is 9.78 Å². The molecule has 1 saturated carbocycles. The number of urea groups is 1. The lowest BCUT2D eigenvalue weighted by Crippen LogP contribution is -2.43. The number of nitrogens with zero attached hydrogens (tertiary/aromatic N) is 2. The van der Waals surface area contributed by atoms with Crippen molar-refractivity contribution in [3.63, 3.8) is 0 Å². The van der Waals surface area contributed by atoms with Gasteiger partial charge in [0.25, 0.3) is 0 Å². The summed E-state index contributed by atoms with van der Waals surface area (Å²) in [5.74, 6) is 6.38. The molecule has 1 aromatic heterocycles. The molecule has 2 heterocycles. The maximum atomic E-state index is 12.1. The molecule has 0 radical (unpaired) electrons. The number of hydrogen-bond acceptors (Lipinski definition) is 2. The van der Waals surface area contributed by atoms with Gasteiger partial charge in [0.2, 0.25) is 0 Å². The largest absolute Gasteiger partial charge is 0.405 e. The Morgan fingerprint density at radius 2 is 2.32 bits per heavy atom. The smallest absolute Gasteiger partial charge is 0.329 e. The number of likely N-dealkylation sites (tertiary alicyclic amines) is 1. The molecule has 2 atom stereocenters. The summed E-state index contributed by atoms with van der Waals surface area (Å²) in [6.07, 6.45) is -1.86. The number of amides is 2. The van der Waals surface area contributed by atoms with Crippen LogP contribution in [0.5, 0.6) is 0 Å². The molecule has 2 fully saturated rings. The quantitative estimate of drug-likeness (QED) is 0.807. The van der Waals surface area contributed by atoms with Crippen LogP contribution in [0.3, 0.4) is 0 Å². The van der Waals surface area contributed by atoms with Gasteiger partial charge in [0.1, 0.15) is 12.2 Å². The fourth-order valence-corrected chi connectivity index (χ4v) is 2.75. The third-order valence-corrected chi connectivity index (χ3v) is 3.98. The predicted octanol–water partition coefficient (Wildman–Crippen LogP) is 2.03. The number of nitrogens with one attached hydrogen (secondary N) is 1. The minimum atomic E-state index is -4.39. The van der Waals surface area contributed by atoms with E-state index in [2.05, 4.69) is 16.8 Å². The molecule has 1 saturated heterocycles. The van der Waals surface area contributed by atoms with Gasteiger partial charge in [-0.3, -0.25) is 0 Å². The summed E-state index contributed by atoms with van der Waals surface area (Å²) < 4.78 is 36.3. The molecular weight excluding hydrogens is 295 g/mol. The van der Waals surface area contributed by atoms with Gasteiger partial charge in [-0.1, -0.05) is 12.0 Å². The van der Waals surface area contributed by atoms with Gasteiger partial charge >= 0.3 is 12.2 Å². The molecule has 2 unspecified atom stereocenters. The van der Waals surface area contributed by atoms with E-state index in [1.165, 1.54) is 4.90 Å². The minimum Gasteiger partial charge on any atom is -0.329 e. The number of rotatable bonds is 1. The van der Waals surface area contributed by atoms with E-state index in [-0.39, 0.29) is 11.3 Å². The average molecular weight is 309 g/mol. The molecule has 1 aromatic rings. The zero-order chi connectivity index (χ0) is 15.8. The molecule has 3 rings (SSSR count). The van der Waals surface area contributed by atoms with E-state index in [0.29, 0.717) is 18.8 Å². The lowest BCUT2D eigenvalue weighted by Gasteiger charge is -2.20. The Kier molecular flexibility index (Phi) is 3.47. The molecular formula is C15H14F3N3O. The molecule has 0 bridgehead atoms. The van der Waals surface area contributed by atoms with Crippen LogP contribution in [0.25, 0.3) is 0 Å². The van der Waals surface area contributed by atoms with Gasteiger partial charge in [-0.05, 0) is 30.4 Å². The molecule has 1 aliphatic carbocycles. The number of carbonyl (C=O) groups excluding carboxylic acids is 1. The Morgan fingerprint density at radius 1 is 1.50 bits per heavy atom. The fraction of sp³-hybridized carbons (Fsp3) is 0.467. The number of halogens is 3. The average Bonchev–Trinajstić information content (AvgIpc) is 3.04. The van der Waals surface area contributed by atoms with E-state index in [9.17, 15) is 18.0 Å². The summed E-state index contributed by atoms with van der Waals surface area (Å²) in [7, 11) is 0. The first-order valence-corrected chi connectivity index (χ1v) is 6.92. The SMILES string of the molecule is O=C(NCC(F)(F)F)N1CC2CC2(C#Cc2ccccn2)C1. The second-order valence-corrected chi connectivity index (χ2v) is 5.68. The van der Waals surface area contributed by atoms with Crippen LogP contribution in [-0.2, 0) is 0 Å². The van der Waals surface area contributed by atoms with E-state index in [1.807, 2.05) is 11.4 Å². The van der Waals surface area contributed by atoms with Crippen molar-refractivity contribution in [2.24, 2.45) is 11.3 Å². The molecule has 0 spiro atoms. The number of piperidine rings is 1. The monoisotopic (exact) mass is 309 g/mol. The van der Waals surface area contributed by atoms with Crippen molar-refractivity contribution in [1.82, 2.24) is 15.2 Å². The summed E-state index contributed by atoms with van der Waals surface area (Å²) in [4.78, 5) is 17.2. The summed E-state index contributed by atoms with van der Waals surface area (Å²) in [5.41, 5.74) is 0.384. The number of carbonyl (C=O) groups is 1. The molecule has 1 N–H and O–H groups in total. The van der Waals surface area contributed by atoms with Crippen molar-refractivity contribution < 1.29 is 18.0 Å². The van der Waals surface area contributed by atoms with Gasteiger partial charge < -0.3 is 10.2 Å². The van der Waals surface area contributed by atoms with Gasteiger partial charge in [-0.2, -0.15) is 13.2 Å². The van der Waals surface area contributed by atoms with Gasteiger partial charge in [0.05, 0.1) is 5.41 Å². The lowest BCUT2D eigenvalue weighted by molar-refractivity contribution is -0.123. The highest BCUT2D eigenvalue weighted by Crippen LogP contribution is 2.57. The second kappa shape index (κ2) is 5.20. The lowest BCUT2D eigenvalue weighted by atomic mass is 10.1. The van der Waals surface area contributed by atoms with E-state index >= 15 is 0 Å². The first-order valence-electron chi connectivity index (χ1n) is 6.92. The van der Waals surface area contributed by atoms with Crippen molar-refractivity contribution in [3.8, 4) is 11.8 Å². The number of aromatic nitrogens is 1. The van der Waals surface area contributed by atoms with Crippen LogP contribution >= 0.6 is 0 Å². The predicted molar refractivity (Wildman–Crippen MR) is 72.7 cm³/mol. The Bertz CT molecular complexity index is 635. The number of fused-ring (bicyclic) bond motifs is 1. The zero-order valence-electron chi connectivity index (χ0n) is 11.7. The van der Waals surface area contributed by atoms with Crippen molar-refractivity contribution in [3.05, 3.63) is 30.1 Å². The highest BCUT2D eigenvalue weighted by atomic mass is 19.4. The summed E-state index contributed by atoms with van der Waals surface area (Å²) in [6.45, 7) is -0.471. The third-order valence-electron chi connectivity index (χ3n) is 3.98. The van der Waals surface area contributed by atoms with Crippen LogP contribution in [0.1, 0.15) is 12.1 Å². The van der Waals surface area contributed by atoms with Crippen LogP contribution in [0.2, 0.25) is 0 Å². The van der Waals surface area contributed by atoms with Gasteiger partial charge in [-0.15, -0.1) is 0 Å². The summed E-state index contributed by atoms with van der Waals surface area (Å²) in [6, 6.07) is 4.75. The van der Waals surface area contributed by atoms with Crippen LogP contribution in [0.15, 0.2) is 24.4 Å². The third kappa shape index (κ3) is 3.16. The molecule has 22 heavy (non-hydrogen) atoms. The summed E-state index contributed by atoms with van der Waals surface area (Å²) >= 11 is 0. The number of hydrogen-bond donors (Lipinski definition) is 1.